The van der Waals surface area contributed by atoms with Crippen LogP contribution in [0, 0.1) is 5.92 Å². The largest absolute Gasteiger partial charge is 0.497 e. The summed E-state index contributed by atoms with van der Waals surface area (Å²) in [4.78, 5) is 6.54. The summed E-state index contributed by atoms with van der Waals surface area (Å²) in [6.45, 7) is 2.98. The van der Waals surface area contributed by atoms with Gasteiger partial charge in [0.1, 0.15) is 11.5 Å². The molecule has 128 valence electrons. The van der Waals surface area contributed by atoms with Gasteiger partial charge >= 0.3 is 0 Å². The molecule has 1 N–H and O–H groups in total. The maximum Gasteiger partial charge on any atom is 0.193 e. The van der Waals surface area contributed by atoms with Crippen molar-refractivity contribution in [2.75, 3.05) is 28.3 Å². The number of guanidine groups is 1. The quantitative estimate of drug-likeness (QED) is 0.620. The topological polar surface area (TPSA) is 46.1 Å². The standard InChI is InChI=1S/C18H29N3O2/c1-6-7-13-10-16(13)20-18(19-2)21(3)12-14-8-9-15(22-4)11-17(14)23-5/h8-9,11,13,16H,6-7,10,12H2,1-5H3,(H,19,20). The Hall–Kier alpha value is -1.91. The van der Waals surface area contributed by atoms with Crippen LogP contribution in [-0.2, 0) is 6.54 Å². The molecule has 5 nitrogen and oxygen atoms in total. The van der Waals surface area contributed by atoms with E-state index in [0.29, 0.717) is 6.04 Å². The summed E-state index contributed by atoms with van der Waals surface area (Å²) in [5.41, 5.74) is 1.11. The van der Waals surface area contributed by atoms with Gasteiger partial charge in [0.15, 0.2) is 5.96 Å². The van der Waals surface area contributed by atoms with Crippen LogP contribution in [0.1, 0.15) is 31.7 Å². The van der Waals surface area contributed by atoms with E-state index in [1.54, 1.807) is 14.2 Å². The number of hydrogen-bond donors (Lipinski definition) is 1. The Labute approximate surface area is 139 Å². The van der Waals surface area contributed by atoms with Gasteiger partial charge < -0.3 is 19.7 Å². The molecule has 2 rings (SSSR count). The van der Waals surface area contributed by atoms with Crippen molar-refractivity contribution < 1.29 is 9.47 Å². The molecule has 1 aromatic rings. The SMILES string of the molecule is CCCC1CC1NC(=NC)N(C)Cc1ccc(OC)cc1OC. The molecule has 0 amide bonds. The summed E-state index contributed by atoms with van der Waals surface area (Å²) in [6.07, 6.45) is 3.80. The van der Waals surface area contributed by atoms with Gasteiger partial charge in [0.25, 0.3) is 0 Å². The minimum atomic E-state index is 0.578. The number of rotatable bonds is 7. The second-order valence-corrected chi connectivity index (χ2v) is 6.12. The first-order valence-electron chi connectivity index (χ1n) is 8.28. The van der Waals surface area contributed by atoms with Gasteiger partial charge in [-0.2, -0.15) is 0 Å². The van der Waals surface area contributed by atoms with E-state index in [1.165, 1.54) is 19.3 Å². The molecule has 5 heteroatoms. The van der Waals surface area contributed by atoms with Crippen LogP contribution in [0.15, 0.2) is 23.2 Å². The second kappa shape index (κ2) is 8.09. The fourth-order valence-corrected chi connectivity index (χ4v) is 2.94. The van der Waals surface area contributed by atoms with Crippen molar-refractivity contribution in [1.29, 1.82) is 0 Å². The number of hydrogen-bond acceptors (Lipinski definition) is 3. The van der Waals surface area contributed by atoms with Crippen molar-refractivity contribution in [3.05, 3.63) is 23.8 Å². The lowest BCUT2D eigenvalue weighted by Crippen LogP contribution is -2.40. The number of aliphatic imine (C=N–C) groups is 1. The zero-order chi connectivity index (χ0) is 16.8. The van der Waals surface area contributed by atoms with Crippen molar-refractivity contribution >= 4 is 5.96 Å². The maximum atomic E-state index is 5.48. The molecule has 1 aromatic carbocycles. The summed E-state index contributed by atoms with van der Waals surface area (Å²) < 4.78 is 10.7. The van der Waals surface area contributed by atoms with E-state index < -0.39 is 0 Å². The molecule has 0 heterocycles. The molecule has 1 fully saturated rings. The third-order valence-corrected chi connectivity index (χ3v) is 4.37. The monoisotopic (exact) mass is 319 g/mol. The maximum absolute atomic E-state index is 5.48. The van der Waals surface area contributed by atoms with E-state index >= 15 is 0 Å². The summed E-state index contributed by atoms with van der Waals surface area (Å²) in [5, 5.41) is 3.57. The third kappa shape index (κ3) is 4.53. The molecule has 0 spiro atoms. The predicted molar refractivity (Wildman–Crippen MR) is 94.3 cm³/mol. The molecule has 0 bridgehead atoms. The zero-order valence-electron chi connectivity index (χ0n) is 14.9. The van der Waals surface area contributed by atoms with Crippen molar-refractivity contribution in [1.82, 2.24) is 10.2 Å². The lowest BCUT2D eigenvalue weighted by molar-refractivity contribution is 0.382. The highest BCUT2D eigenvalue weighted by molar-refractivity contribution is 5.80. The Bertz CT molecular complexity index is 545. The van der Waals surface area contributed by atoms with Crippen molar-refractivity contribution in [3.8, 4) is 11.5 Å². The Morgan fingerprint density at radius 1 is 1.35 bits per heavy atom. The Morgan fingerprint density at radius 2 is 2.13 bits per heavy atom. The molecule has 1 saturated carbocycles. The Kier molecular flexibility index (Phi) is 6.13. The highest BCUT2D eigenvalue weighted by Crippen LogP contribution is 2.34. The number of nitrogens with zero attached hydrogens (tertiary/aromatic N) is 2. The van der Waals surface area contributed by atoms with Crippen LogP contribution < -0.4 is 14.8 Å². The van der Waals surface area contributed by atoms with Gasteiger partial charge in [-0.3, -0.25) is 4.99 Å². The van der Waals surface area contributed by atoms with Crippen LogP contribution in [0.25, 0.3) is 0 Å². The van der Waals surface area contributed by atoms with E-state index in [1.807, 2.05) is 25.2 Å². The molecule has 0 radical (unpaired) electrons. The lowest BCUT2D eigenvalue weighted by atomic mass is 10.2. The number of methoxy groups -OCH3 is 2. The molecular formula is C18H29N3O2. The molecule has 23 heavy (non-hydrogen) atoms. The van der Waals surface area contributed by atoms with Crippen LogP contribution in [-0.4, -0.2) is 45.2 Å². The minimum absolute atomic E-state index is 0.578. The minimum Gasteiger partial charge on any atom is -0.497 e. The first kappa shape index (κ1) is 17.4. The first-order valence-corrected chi connectivity index (χ1v) is 8.28. The van der Waals surface area contributed by atoms with E-state index in [4.69, 9.17) is 9.47 Å². The molecule has 0 saturated heterocycles. The normalized spacial score (nSPS) is 20.1. The van der Waals surface area contributed by atoms with Crippen LogP contribution in [0.4, 0.5) is 0 Å². The number of nitrogens with one attached hydrogen (secondary N) is 1. The molecular weight excluding hydrogens is 290 g/mol. The number of benzene rings is 1. The van der Waals surface area contributed by atoms with Crippen LogP contribution in [0.3, 0.4) is 0 Å². The molecule has 2 atom stereocenters. The van der Waals surface area contributed by atoms with Gasteiger partial charge in [-0.05, 0) is 30.9 Å². The highest BCUT2D eigenvalue weighted by atomic mass is 16.5. The lowest BCUT2D eigenvalue weighted by Gasteiger charge is -2.23. The molecule has 2 unspecified atom stereocenters. The first-order chi connectivity index (χ1) is 11.1. The summed E-state index contributed by atoms with van der Waals surface area (Å²) in [7, 11) is 7.23. The average molecular weight is 319 g/mol. The smallest absolute Gasteiger partial charge is 0.193 e. The fraction of sp³-hybridized carbons (Fsp3) is 0.611. The van der Waals surface area contributed by atoms with Gasteiger partial charge in [0.2, 0.25) is 0 Å². The zero-order valence-corrected chi connectivity index (χ0v) is 14.9. The van der Waals surface area contributed by atoms with Crippen molar-refractivity contribution in [3.63, 3.8) is 0 Å². The van der Waals surface area contributed by atoms with Crippen molar-refractivity contribution in [2.45, 2.75) is 38.8 Å². The van der Waals surface area contributed by atoms with Gasteiger partial charge in [-0.1, -0.05) is 13.3 Å². The third-order valence-electron chi connectivity index (χ3n) is 4.37. The molecule has 1 aliphatic rings. The average Bonchev–Trinajstić information content (AvgIpc) is 3.30. The summed E-state index contributed by atoms with van der Waals surface area (Å²) in [6, 6.07) is 6.49. The van der Waals surface area contributed by atoms with Gasteiger partial charge in [-0.25, -0.2) is 0 Å². The summed E-state index contributed by atoms with van der Waals surface area (Å²) >= 11 is 0. The van der Waals surface area contributed by atoms with Gasteiger partial charge in [0.05, 0.1) is 14.2 Å². The van der Waals surface area contributed by atoms with E-state index in [9.17, 15) is 0 Å². The van der Waals surface area contributed by atoms with Gasteiger partial charge in [-0.15, -0.1) is 0 Å². The van der Waals surface area contributed by atoms with Crippen LogP contribution in [0.2, 0.25) is 0 Å². The van der Waals surface area contributed by atoms with Crippen LogP contribution >= 0.6 is 0 Å². The van der Waals surface area contributed by atoms with Crippen LogP contribution in [0.5, 0.6) is 11.5 Å². The predicted octanol–water partition coefficient (Wildman–Crippen LogP) is 2.90. The summed E-state index contributed by atoms with van der Waals surface area (Å²) in [5.74, 6) is 3.38. The van der Waals surface area contributed by atoms with E-state index in [-0.39, 0.29) is 0 Å². The second-order valence-electron chi connectivity index (χ2n) is 6.12. The Balaban J connectivity index is 1.98. The highest BCUT2D eigenvalue weighted by Gasteiger charge is 2.37. The number of ether oxygens (including phenoxy) is 2. The van der Waals surface area contributed by atoms with E-state index in [2.05, 4.69) is 29.2 Å². The van der Waals surface area contributed by atoms with Crippen molar-refractivity contribution in [2.24, 2.45) is 10.9 Å². The molecule has 0 aromatic heterocycles. The fourth-order valence-electron chi connectivity index (χ4n) is 2.94. The van der Waals surface area contributed by atoms with E-state index in [0.717, 1.165) is 35.5 Å². The molecule has 1 aliphatic carbocycles. The Morgan fingerprint density at radius 3 is 2.74 bits per heavy atom. The molecule has 0 aliphatic heterocycles. The van der Waals surface area contributed by atoms with Gasteiger partial charge in [0, 0.05) is 38.3 Å².